The van der Waals surface area contributed by atoms with Gasteiger partial charge in [0.15, 0.2) is 0 Å². The summed E-state index contributed by atoms with van der Waals surface area (Å²) < 4.78 is 5.41. The van der Waals surface area contributed by atoms with E-state index in [0.29, 0.717) is 19.6 Å². The van der Waals surface area contributed by atoms with E-state index in [2.05, 4.69) is 5.32 Å². The fourth-order valence-electron chi connectivity index (χ4n) is 2.82. The van der Waals surface area contributed by atoms with Crippen LogP contribution in [0.5, 0.6) is 0 Å². The molecule has 1 aliphatic rings. The number of piperidine rings is 1. The summed E-state index contributed by atoms with van der Waals surface area (Å²) in [4.78, 5) is 26.3. The zero-order chi connectivity index (χ0) is 17.7. The highest BCUT2D eigenvalue weighted by Crippen LogP contribution is 2.20. The Morgan fingerprint density at radius 2 is 2.00 bits per heavy atom. The van der Waals surface area contributed by atoms with Gasteiger partial charge in [-0.3, -0.25) is 4.79 Å². The highest BCUT2D eigenvalue weighted by molar-refractivity contribution is 5.80. The number of carbonyl (C=O) groups excluding carboxylic acids is 2. The Balaban J connectivity index is 1.88. The smallest absolute Gasteiger partial charge is 0.410 e. The molecule has 1 N–H and O–H groups in total. The number of likely N-dealkylation sites (tertiary alicyclic amines) is 1. The summed E-state index contributed by atoms with van der Waals surface area (Å²) in [6.07, 6.45) is 1.29. The van der Waals surface area contributed by atoms with E-state index in [0.717, 1.165) is 24.0 Å². The first-order valence-corrected chi connectivity index (χ1v) is 8.56. The predicted octanol–water partition coefficient (Wildman–Crippen LogP) is 3.26. The Bertz CT molecular complexity index is 593. The monoisotopic (exact) mass is 332 g/mol. The second kappa shape index (κ2) is 7.69. The van der Waals surface area contributed by atoms with Crippen LogP contribution in [0.1, 0.15) is 44.7 Å². The van der Waals surface area contributed by atoms with E-state index >= 15 is 0 Å². The fourth-order valence-corrected chi connectivity index (χ4v) is 2.82. The molecule has 132 valence electrons. The molecule has 1 unspecified atom stereocenters. The first-order chi connectivity index (χ1) is 11.3. The summed E-state index contributed by atoms with van der Waals surface area (Å²) in [6, 6.07) is 8.01. The van der Waals surface area contributed by atoms with Crippen LogP contribution >= 0.6 is 0 Å². The highest BCUT2D eigenvalue weighted by Gasteiger charge is 2.30. The van der Waals surface area contributed by atoms with Gasteiger partial charge in [0, 0.05) is 19.6 Å². The summed E-state index contributed by atoms with van der Waals surface area (Å²) in [6.45, 7) is 9.18. The lowest BCUT2D eigenvalue weighted by Crippen LogP contribution is -2.46. The normalized spacial score (nSPS) is 18.2. The van der Waals surface area contributed by atoms with Crippen molar-refractivity contribution in [1.82, 2.24) is 10.2 Å². The van der Waals surface area contributed by atoms with E-state index in [1.165, 1.54) is 0 Å². The molecule has 0 aromatic heterocycles. The van der Waals surface area contributed by atoms with E-state index < -0.39 is 5.60 Å². The maximum atomic E-state index is 12.4. The van der Waals surface area contributed by atoms with Crippen molar-refractivity contribution in [2.24, 2.45) is 5.92 Å². The molecule has 0 spiro atoms. The first kappa shape index (κ1) is 18.3. The number of nitrogens with one attached hydrogen (secondary N) is 1. The minimum atomic E-state index is -0.517. The van der Waals surface area contributed by atoms with Gasteiger partial charge in [0.25, 0.3) is 0 Å². The minimum Gasteiger partial charge on any atom is -0.444 e. The molecule has 1 aromatic carbocycles. The van der Waals surface area contributed by atoms with Crippen LogP contribution in [-0.2, 0) is 16.1 Å². The van der Waals surface area contributed by atoms with Gasteiger partial charge in [-0.25, -0.2) is 4.79 Å². The van der Waals surface area contributed by atoms with Crippen molar-refractivity contribution < 1.29 is 14.3 Å². The van der Waals surface area contributed by atoms with Gasteiger partial charge in [-0.05, 0) is 51.7 Å². The van der Waals surface area contributed by atoms with Crippen molar-refractivity contribution in [3.05, 3.63) is 35.4 Å². The van der Waals surface area contributed by atoms with Crippen LogP contribution in [-0.4, -0.2) is 35.6 Å². The third kappa shape index (κ3) is 5.25. The number of benzene rings is 1. The second-order valence-electron chi connectivity index (χ2n) is 7.41. The third-order valence-corrected chi connectivity index (χ3v) is 4.16. The van der Waals surface area contributed by atoms with Gasteiger partial charge in [-0.2, -0.15) is 0 Å². The zero-order valence-electron chi connectivity index (χ0n) is 15.1. The molecular weight excluding hydrogens is 304 g/mol. The number of ether oxygens (including phenoxy) is 1. The largest absolute Gasteiger partial charge is 0.444 e. The molecule has 0 aliphatic carbocycles. The van der Waals surface area contributed by atoms with E-state index in [1.807, 2.05) is 52.0 Å². The van der Waals surface area contributed by atoms with Crippen molar-refractivity contribution in [3.8, 4) is 0 Å². The highest BCUT2D eigenvalue weighted by atomic mass is 16.6. The minimum absolute atomic E-state index is 0.00603. The molecule has 5 nitrogen and oxygen atoms in total. The molecule has 5 heteroatoms. The fraction of sp³-hybridized carbons (Fsp3) is 0.579. The van der Waals surface area contributed by atoms with Gasteiger partial charge in [0.1, 0.15) is 5.60 Å². The van der Waals surface area contributed by atoms with Gasteiger partial charge in [-0.1, -0.05) is 24.3 Å². The molecule has 0 bridgehead atoms. The molecule has 1 aliphatic heterocycles. The lowest BCUT2D eigenvalue weighted by molar-refractivity contribution is -0.126. The number of aryl methyl sites for hydroxylation is 1. The van der Waals surface area contributed by atoms with Crippen LogP contribution in [0.25, 0.3) is 0 Å². The van der Waals surface area contributed by atoms with Crippen molar-refractivity contribution in [1.29, 1.82) is 0 Å². The summed E-state index contributed by atoms with van der Waals surface area (Å²) in [5.41, 5.74) is 1.76. The van der Waals surface area contributed by atoms with Crippen LogP contribution in [0.2, 0.25) is 0 Å². The van der Waals surface area contributed by atoms with Gasteiger partial charge in [0.2, 0.25) is 5.91 Å². The second-order valence-corrected chi connectivity index (χ2v) is 7.41. The lowest BCUT2D eigenvalue weighted by atomic mass is 9.97. The standard InChI is InChI=1S/C19H28N2O3/c1-14-8-5-6-9-15(14)12-20-17(22)16-10-7-11-21(13-16)18(23)24-19(2,3)4/h5-6,8-9,16H,7,10-13H2,1-4H3,(H,20,22). The van der Waals surface area contributed by atoms with Crippen LogP contribution < -0.4 is 5.32 Å². The maximum Gasteiger partial charge on any atom is 0.410 e. The Morgan fingerprint density at radius 1 is 1.29 bits per heavy atom. The average molecular weight is 332 g/mol. The number of hydrogen-bond acceptors (Lipinski definition) is 3. The van der Waals surface area contributed by atoms with Gasteiger partial charge < -0.3 is 15.0 Å². The molecular formula is C19H28N2O3. The number of hydrogen-bond donors (Lipinski definition) is 1. The molecule has 0 radical (unpaired) electrons. The van der Waals surface area contributed by atoms with Gasteiger partial charge >= 0.3 is 6.09 Å². The molecule has 1 saturated heterocycles. The third-order valence-electron chi connectivity index (χ3n) is 4.16. The van der Waals surface area contributed by atoms with E-state index in [-0.39, 0.29) is 17.9 Å². The Labute approximate surface area is 144 Å². The maximum absolute atomic E-state index is 12.4. The van der Waals surface area contributed by atoms with E-state index in [4.69, 9.17) is 4.74 Å². The molecule has 24 heavy (non-hydrogen) atoms. The zero-order valence-corrected chi connectivity index (χ0v) is 15.1. The quantitative estimate of drug-likeness (QED) is 0.924. The summed E-state index contributed by atoms with van der Waals surface area (Å²) in [7, 11) is 0. The SMILES string of the molecule is Cc1ccccc1CNC(=O)C1CCCN(C(=O)OC(C)(C)C)C1. The number of nitrogens with zero attached hydrogens (tertiary/aromatic N) is 1. The molecule has 0 saturated carbocycles. The van der Waals surface area contributed by atoms with Crippen molar-refractivity contribution in [3.63, 3.8) is 0 Å². The van der Waals surface area contributed by atoms with Gasteiger partial charge in [0.05, 0.1) is 5.92 Å². The van der Waals surface area contributed by atoms with E-state index in [1.54, 1.807) is 4.90 Å². The van der Waals surface area contributed by atoms with Crippen LogP contribution in [0.4, 0.5) is 4.79 Å². The van der Waals surface area contributed by atoms with E-state index in [9.17, 15) is 9.59 Å². The Morgan fingerprint density at radius 3 is 2.67 bits per heavy atom. The number of rotatable bonds is 3. The van der Waals surface area contributed by atoms with Gasteiger partial charge in [-0.15, -0.1) is 0 Å². The summed E-state index contributed by atoms with van der Waals surface area (Å²) >= 11 is 0. The lowest BCUT2D eigenvalue weighted by Gasteiger charge is -2.33. The topological polar surface area (TPSA) is 58.6 Å². The van der Waals surface area contributed by atoms with Crippen molar-refractivity contribution >= 4 is 12.0 Å². The molecule has 1 aromatic rings. The first-order valence-electron chi connectivity index (χ1n) is 8.56. The predicted molar refractivity (Wildman–Crippen MR) is 93.6 cm³/mol. The molecule has 1 atom stereocenters. The summed E-state index contributed by atoms with van der Waals surface area (Å²) in [5, 5.41) is 3.00. The Kier molecular flexibility index (Phi) is 5.86. The molecule has 2 amide bonds. The molecule has 1 heterocycles. The number of amides is 2. The Hall–Kier alpha value is -2.04. The van der Waals surface area contributed by atoms with Crippen LogP contribution in [0, 0.1) is 12.8 Å². The van der Waals surface area contributed by atoms with Crippen LogP contribution in [0.3, 0.4) is 0 Å². The van der Waals surface area contributed by atoms with Crippen molar-refractivity contribution in [2.45, 2.75) is 52.7 Å². The summed E-state index contributed by atoms with van der Waals surface area (Å²) in [5.74, 6) is -0.165. The van der Waals surface area contributed by atoms with Crippen molar-refractivity contribution in [2.75, 3.05) is 13.1 Å². The number of carbonyl (C=O) groups is 2. The molecule has 2 rings (SSSR count). The average Bonchev–Trinajstić information content (AvgIpc) is 2.52. The van der Waals surface area contributed by atoms with Crippen LogP contribution in [0.15, 0.2) is 24.3 Å². The molecule has 1 fully saturated rings.